The van der Waals surface area contributed by atoms with Crippen LogP contribution in [0.15, 0.2) is 16.6 Å². The minimum Gasteiger partial charge on any atom is -0.489 e. The fourth-order valence-electron chi connectivity index (χ4n) is 2.96. The number of likely N-dealkylation sites (tertiary alicyclic amines) is 1. The lowest BCUT2D eigenvalue weighted by atomic mass is 9.85. The van der Waals surface area contributed by atoms with Crippen LogP contribution < -0.4 is 4.74 Å². The van der Waals surface area contributed by atoms with Crippen LogP contribution in [0.5, 0.6) is 5.75 Å². The number of hydrogen-bond acceptors (Lipinski definition) is 2. The van der Waals surface area contributed by atoms with E-state index in [1.54, 1.807) is 0 Å². The summed E-state index contributed by atoms with van der Waals surface area (Å²) in [4.78, 5) is 2.38. The SMILES string of the molecule is CC(C)(C)C1CCCN1CCOc1cc(F)c(Br)cc1F. The predicted molar refractivity (Wildman–Crippen MR) is 83.6 cm³/mol. The highest BCUT2D eigenvalue weighted by molar-refractivity contribution is 9.10. The van der Waals surface area contributed by atoms with E-state index in [0.29, 0.717) is 12.6 Å². The number of rotatable bonds is 4. The number of ether oxygens (including phenoxy) is 1. The molecule has 0 saturated carbocycles. The van der Waals surface area contributed by atoms with E-state index in [9.17, 15) is 8.78 Å². The van der Waals surface area contributed by atoms with Crippen molar-refractivity contribution < 1.29 is 13.5 Å². The van der Waals surface area contributed by atoms with Gasteiger partial charge in [0.15, 0.2) is 11.6 Å². The van der Waals surface area contributed by atoms with Gasteiger partial charge in [0.1, 0.15) is 12.4 Å². The zero-order chi connectivity index (χ0) is 15.6. The third-order valence-corrected chi connectivity index (χ3v) is 4.58. The van der Waals surface area contributed by atoms with Crippen molar-refractivity contribution in [3.05, 3.63) is 28.2 Å². The summed E-state index contributed by atoms with van der Waals surface area (Å²) >= 11 is 2.95. The Bertz CT molecular complexity index is 502. The van der Waals surface area contributed by atoms with Gasteiger partial charge >= 0.3 is 0 Å². The van der Waals surface area contributed by atoms with E-state index >= 15 is 0 Å². The van der Waals surface area contributed by atoms with Crippen LogP contribution in [-0.4, -0.2) is 30.6 Å². The van der Waals surface area contributed by atoms with Gasteiger partial charge in [0, 0.05) is 18.7 Å². The van der Waals surface area contributed by atoms with Crippen LogP contribution in [0.3, 0.4) is 0 Å². The van der Waals surface area contributed by atoms with Crippen molar-refractivity contribution in [2.75, 3.05) is 19.7 Å². The van der Waals surface area contributed by atoms with Crippen LogP contribution in [0, 0.1) is 17.0 Å². The fourth-order valence-corrected chi connectivity index (χ4v) is 3.28. The van der Waals surface area contributed by atoms with Gasteiger partial charge in [-0.25, -0.2) is 8.78 Å². The van der Waals surface area contributed by atoms with Crippen molar-refractivity contribution in [1.29, 1.82) is 0 Å². The van der Waals surface area contributed by atoms with E-state index in [4.69, 9.17) is 4.74 Å². The highest BCUT2D eigenvalue weighted by Gasteiger charge is 2.33. The van der Waals surface area contributed by atoms with Gasteiger partial charge < -0.3 is 4.74 Å². The Hall–Kier alpha value is -0.680. The molecule has 1 heterocycles. The Morgan fingerprint density at radius 2 is 2.00 bits per heavy atom. The molecule has 1 fully saturated rings. The first kappa shape index (κ1) is 16.7. The van der Waals surface area contributed by atoms with Crippen molar-refractivity contribution >= 4 is 15.9 Å². The van der Waals surface area contributed by atoms with Crippen molar-refractivity contribution in [1.82, 2.24) is 4.90 Å². The molecule has 0 bridgehead atoms. The summed E-state index contributed by atoms with van der Waals surface area (Å²) in [5, 5.41) is 0. The molecule has 1 unspecified atom stereocenters. The summed E-state index contributed by atoms with van der Waals surface area (Å²) in [7, 11) is 0. The van der Waals surface area contributed by atoms with E-state index in [-0.39, 0.29) is 15.6 Å². The first-order valence-electron chi connectivity index (χ1n) is 7.30. The average molecular weight is 362 g/mol. The van der Waals surface area contributed by atoms with Crippen LogP contribution in [-0.2, 0) is 0 Å². The molecule has 0 amide bonds. The molecule has 0 radical (unpaired) electrons. The zero-order valence-corrected chi connectivity index (χ0v) is 14.3. The smallest absolute Gasteiger partial charge is 0.166 e. The molecule has 2 nitrogen and oxygen atoms in total. The van der Waals surface area contributed by atoms with Crippen molar-refractivity contribution in [2.24, 2.45) is 5.41 Å². The third kappa shape index (κ3) is 4.16. The lowest BCUT2D eigenvalue weighted by Gasteiger charge is -2.35. The molecule has 1 aromatic rings. The Morgan fingerprint density at radius 1 is 1.29 bits per heavy atom. The van der Waals surface area contributed by atoms with E-state index in [1.165, 1.54) is 12.8 Å². The highest BCUT2D eigenvalue weighted by atomic mass is 79.9. The van der Waals surface area contributed by atoms with E-state index < -0.39 is 11.6 Å². The number of hydrogen-bond donors (Lipinski definition) is 0. The monoisotopic (exact) mass is 361 g/mol. The summed E-state index contributed by atoms with van der Waals surface area (Å²) in [5.74, 6) is -1.08. The Kier molecular flexibility index (Phi) is 5.25. The number of benzene rings is 1. The first-order chi connectivity index (χ1) is 9.79. The van der Waals surface area contributed by atoms with Crippen LogP contribution in [0.4, 0.5) is 8.78 Å². The van der Waals surface area contributed by atoms with Gasteiger partial charge in [-0.2, -0.15) is 0 Å². The summed E-state index contributed by atoms with van der Waals surface area (Å²) in [5.41, 5.74) is 0.228. The molecular formula is C16H22BrF2NO. The predicted octanol–water partition coefficient (Wildman–Crippen LogP) is 4.62. The molecule has 1 saturated heterocycles. The largest absolute Gasteiger partial charge is 0.489 e. The summed E-state index contributed by atoms with van der Waals surface area (Å²) in [6.45, 7) is 8.86. The minimum atomic E-state index is -0.544. The summed E-state index contributed by atoms with van der Waals surface area (Å²) in [6.07, 6.45) is 2.37. The van der Waals surface area contributed by atoms with Crippen molar-refractivity contribution in [3.63, 3.8) is 0 Å². The quantitative estimate of drug-likeness (QED) is 0.725. The molecule has 2 rings (SSSR count). The Balaban J connectivity index is 1.91. The minimum absolute atomic E-state index is 0.0257. The molecule has 1 aliphatic rings. The second-order valence-electron chi connectivity index (χ2n) is 6.61. The van der Waals surface area contributed by atoms with Gasteiger partial charge in [-0.3, -0.25) is 4.90 Å². The molecular weight excluding hydrogens is 340 g/mol. The normalized spacial score (nSPS) is 20.0. The summed E-state index contributed by atoms with van der Waals surface area (Å²) < 4.78 is 32.6. The molecule has 21 heavy (non-hydrogen) atoms. The van der Waals surface area contributed by atoms with Crippen LogP contribution in [0.25, 0.3) is 0 Å². The molecule has 0 spiro atoms. The molecule has 1 aliphatic heterocycles. The van der Waals surface area contributed by atoms with Gasteiger partial charge in [-0.1, -0.05) is 20.8 Å². The third-order valence-electron chi connectivity index (χ3n) is 3.97. The molecule has 5 heteroatoms. The number of nitrogens with zero attached hydrogens (tertiary/aromatic N) is 1. The first-order valence-corrected chi connectivity index (χ1v) is 8.10. The fraction of sp³-hybridized carbons (Fsp3) is 0.625. The second-order valence-corrected chi connectivity index (χ2v) is 7.46. The lowest BCUT2D eigenvalue weighted by Crippen LogP contribution is -2.41. The average Bonchev–Trinajstić information content (AvgIpc) is 2.84. The zero-order valence-electron chi connectivity index (χ0n) is 12.8. The maximum Gasteiger partial charge on any atom is 0.166 e. The van der Waals surface area contributed by atoms with Gasteiger partial charge in [0.25, 0.3) is 0 Å². The lowest BCUT2D eigenvalue weighted by molar-refractivity contribution is 0.120. The second kappa shape index (κ2) is 6.61. The molecule has 1 aromatic carbocycles. The van der Waals surface area contributed by atoms with E-state index in [0.717, 1.165) is 25.2 Å². The van der Waals surface area contributed by atoms with Gasteiger partial charge in [-0.15, -0.1) is 0 Å². The maximum absolute atomic E-state index is 13.7. The van der Waals surface area contributed by atoms with Crippen molar-refractivity contribution in [3.8, 4) is 5.75 Å². The number of halogens is 3. The maximum atomic E-state index is 13.7. The molecule has 0 N–H and O–H groups in total. The van der Waals surface area contributed by atoms with Gasteiger partial charge in [0.05, 0.1) is 4.47 Å². The van der Waals surface area contributed by atoms with Crippen LogP contribution >= 0.6 is 15.9 Å². The van der Waals surface area contributed by atoms with Gasteiger partial charge in [0.2, 0.25) is 0 Å². The molecule has 0 aliphatic carbocycles. The molecule has 1 atom stereocenters. The molecule has 118 valence electrons. The van der Waals surface area contributed by atoms with E-state index in [2.05, 4.69) is 41.6 Å². The van der Waals surface area contributed by atoms with E-state index in [1.807, 2.05) is 0 Å². The van der Waals surface area contributed by atoms with Gasteiger partial charge in [-0.05, 0) is 46.8 Å². The highest BCUT2D eigenvalue weighted by Crippen LogP contribution is 2.32. The van der Waals surface area contributed by atoms with Crippen LogP contribution in [0.1, 0.15) is 33.6 Å². The standard InChI is InChI=1S/C16H22BrF2NO/c1-16(2,3)15-5-4-6-20(15)7-8-21-14-10-12(18)11(17)9-13(14)19/h9-10,15H,4-8H2,1-3H3. The Labute approximate surface area is 133 Å². The van der Waals surface area contributed by atoms with Crippen molar-refractivity contribution in [2.45, 2.75) is 39.7 Å². The Morgan fingerprint density at radius 3 is 2.67 bits per heavy atom. The van der Waals surface area contributed by atoms with Crippen LogP contribution in [0.2, 0.25) is 0 Å². The topological polar surface area (TPSA) is 12.5 Å². The molecule has 0 aromatic heterocycles. The summed E-state index contributed by atoms with van der Waals surface area (Å²) in [6, 6.07) is 2.70.